The van der Waals surface area contributed by atoms with Gasteiger partial charge >= 0.3 is 0 Å². The Bertz CT molecular complexity index is 1930. The van der Waals surface area contributed by atoms with Gasteiger partial charge in [0.15, 0.2) is 0 Å². The van der Waals surface area contributed by atoms with Crippen molar-refractivity contribution in [2.75, 3.05) is 59.4 Å². The summed E-state index contributed by atoms with van der Waals surface area (Å²) in [6.07, 6.45) is 0. The number of nitrogens with two attached hydrogens (primary N) is 1. The van der Waals surface area contributed by atoms with Crippen LogP contribution in [0.15, 0.2) is 91.0 Å². The predicted molar refractivity (Wildman–Crippen MR) is 184 cm³/mol. The van der Waals surface area contributed by atoms with Crippen LogP contribution in [0.1, 0.15) is 16.7 Å². The number of benzene rings is 6. The molecule has 46 heavy (non-hydrogen) atoms. The standard InChI is InChI=1S/C39H38N2O5/c40-18-19-43-20-21-44-22-23-45-24-25-46-27-37(42)41-26-29-12-10-28(11-13-29)14-15-30-16-17-36-34-8-2-5-31-4-1-7-33(38(31)34)35-9-3-6-32(30)39(35)36/h1-13,16-17H,18-27,40H2,(H,41,42). The summed E-state index contributed by atoms with van der Waals surface area (Å²) in [5.74, 6) is 6.58. The molecule has 0 fully saturated rings. The van der Waals surface area contributed by atoms with Crippen LogP contribution < -0.4 is 11.1 Å². The van der Waals surface area contributed by atoms with Crippen molar-refractivity contribution in [3.63, 3.8) is 0 Å². The largest absolute Gasteiger partial charge is 0.378 e. The maximum absolute atomic E-state index is 12.2. The summed E-state index contributed by atoms with van der Waals surface area (Å²) >= 11 is 0. The van der Waals surface area contributed by atoms with E-state index < -0.39 is 0 Å². The molecule has 6 rings (SSSR count). The highest BCUT2D eigenvalue weighted by atomic mass is 16.6. The third-order valence-electron chi connectivity index (χ3n) is 7.92. The average molecular weight is 615 g/mol. The Hall–Kier alpha value is -4.55. The molecule has 0 aliphatic rings. The SMILES string of the molecule is NCCOCCOCCOCCOCC(=O)NCc1ccc(C#Cc2ccc3c4cccc5cccc(c6cccc2c63)c54)cc1. The highest BCUT2D eigenvalue weighted by Gasteiger charge is 2.13. The molecule has 0 atom stereocenters. The van der Waals surface area contributed by atoms with Crippen LogP contribution in [0.2, 0.25) is 0 Å². The van der Waals surface area contributed by atoms with Crippen molar-refractivity contribution in [1.82, 2.24) is 5.32 Å². The van der Waals surface area contributed by atoms with Gasteiger partial charge in [0.25, 0.3) is 0 Å². The fourth-order valence-corrected chi connectivity index (χ4v) is 5.76. The molecule has 0 aliphatic heterocycles. The highest BCUT2D eigenvalue weighted by Crippen LogP contribution is 2.40. The van der Waals surface area contributed by atoms with Gasteiger partial charge < -0.3 is 30.0 Å². The number of carbonyl (C=O) groups is 1. The van der Waals surface area contributed by atoms with Gasteiger partial charge in [0.05, 0.1) is 46.2 Å². The van der Waals surface area contributed by atoms with E-state index in [1.165, 1.54) is 37.7 Å². The van der Waals surface area contributed by atoms with Crippen LogP contribution in [0, 0.1) is 11.8 Å². The van der Waals surface area contributed by atoms with Gasteiger partial charge in [-0.05, 0) is 66.9 Å². The predicted octanol–water partition coefficient (Wildman–Crippen LogP) is 5.78. The fraction of sp³-hybridized carbons (Fsp3) is 0.256. The first-order valence-electron chi connectivity index (χ1n) is 15.7. The lowest BCUT2D eigenvalue weighted by Gasteiger charge is -2.14. The first-order valence-corrected chi connectivity index (χ1v) is 15.7. The molecule has 0 aliphatic carbocycles. The molecule has 0 bridgehead atoms. The Kier molecular flexibility index (Phi) is 10.7. The number of carbonyl (C=O) groups excluding carboxylic acids is 1. The van der Waals surface area contributed by atoms with Crippen molar-refractivity contribution in [3.05, 3.63) is 108 Å². The average Bonchev–Trinajstić information content (AvgIpc) is 3.09. The molecule has 7 nitrogen and oxygen atoms in total. The molecule has 3 N–H and O–H groups in total. The molecule has 0 heterocycles. The van der Waals surface area contributed by atoms with Gasteiger partial charge in [-0.1, -0.05) is 84.6 Å². The number of rotatable bonds is 15. The van der Waals surface area contributed by atoms with Crippen molar-refractivity contribution >= 4 is 49.0 Å². The van der Waals surface area contributed by atoms with Gasteiger partial charge in [-0.25, -0.2) is 0 Å². The molecule has 0 radical (unpaired) electrons. The number of amides is 1. The Labute approximate surface area is 268 Å². The summed E-state index contributed by atoms with van der Waals surface area (Å²) in [5.41, 5.74) is 8.26. The van der Waals surface area contributed by atoms with Crippen LogP contribution in [0.3, 0.4) is 0 Å². The lowest BCUT2D eigenvalue weighted by atomic mass is 9.88. The maximum atomic E-state index is 12.2. The summed E-state index contributed by atoms with van der Waals surface area (Å²) in [6, 6.07) is 31.9. The van der Waals surface area contributed by atoms with E-state index in [1.54, 1.807) is 0 Å². The normalized spacial score (nSPS) is 11.4. The second kappa shape index (κ2) is 15.6. The quantitative estimate of drug-likeness (QED) is 0.0660. The van der Waals surface area contributed by atoms with Crippen LogP contribution >= 0.6 is 0 Å². The highest BCUT2D eigenvalue weighted by molar-refractivity contribution is 6.33. The first-order chi connectivity index (χ1) is 22.7. The molecule has 0 aromatic heterocycles. The third-order valence-corrected chi connectivity index (χ3v) is 7.92. The van der Waals surface area contributed by atoms with E-state index >= 15 is 0 Å². The topological polar surface area (TPSA) is 92.0 Å². The molecule has 0 spiro atoms. The minimum atomic E-state index is -0.175. The van der Waals surface area contributed by atoms with Gasteiger partial charge in [0.1, 0.15) is 6.61 Å². The smallest absolute Gasteiger partial charge is 0.246 e. The molecule has 7 heteroatoms. The van der Waals surface area contributed by atoms with E-state index in [9.17, 15) is 4.79 Å². The minimum absolute atomic E-state index is 0.0168. The van der Waals surface area contributed by atoms with Gasteiger partial charge in [0, 0.05) is 24.2 Å². The number of fused-ring (bicyclic) bond motifs is 2. The maximum Gasteiger partial charge on any atom is 0.246 e. The van der Waals surface area contributed by atoms with Crippen molar-refractivity contribution in [1.29, 1.82) is 0 Å². The monoisotopic (exact) mass is 614 g/mol. The van der Waals surface area contributed by atoms with Gasteiger partial charge in [-0.3, -0.25) is 4.79 Å². The molecule has 0 unspecified atom stereocenters. The summed E-state index contributed by atoms with van der Waals surface area (Å²) in [5, 5.41) is 13.0. The van der Waals surface area contributed by atoms with Gasteiger partial charge in [0.2, 0.25) is 5.91 Å². The second-order valence-corrected chi connectivity index (χ2v) is 11.0. The zero-order valence-corrected chi connectivity index (χ0v) is 25.8. The second-order valence-electron chi connectivity index (χ2n) is 11.0. The van der Waals surface area contributed by atoms with Crippen molar-refractivity contribution < 1.29 is 23.7 Å². The van der Waals surface area contributed by atoms with E-state index in [4.69, 9.17) is 24.7 Å². The third kappa shape index (κ3) is 7.45. The molecular formula is C39H38N2O5. The van der Waals surface area contributed by atoms with Gasteiger partial charge in [-0.15, -0.1) is 0 Å². The summed E-state index contributed by atoms with van der Waals surface area (Å²) < 4.78 is 21.5. The van der Waals surface area contributed by atoms with Crippen LogP contribution in [0.25, 0.3) is 43.1 Å². The number of nitrogens with one attached hydrogen (secondary N) is 1. The van der Waals surface area contributed by atoms with Crippen LogP contribution in [0.5, 0.6) is 0 Å². The van der Waals surface area contributed by atoms with Gasteiger partial charge in [-0.2, -0.15) is 0 Å². The molecule has 6 aromatic carbocycles. The van der Waals surface area contributed by atoms with E-state index in [0.717, 1.165) is 22.1 Å². The minimum Gasteiger partial charge on any atom is -0.378 e. The summed E-state index contributed by atoms with van der Waals surface area (Å²) in [6.45, 7) is 4.16. The first kappa shape index (κ1) is 31.4. The molecule has 0 saturated heterocycles. The van der Waals surface area contributed by atoms with E-state index in [2.05, 4.69) is 83.9 Å². The van der Waals surface area contributed by atoms with Crippen molar-refractivity contribution in [2.45, 2.75) is 6.54 Å². The Balaban J connectivity index is 0.995. The van der Waals surface area contributed by atoms with Crippen molar-refractivity contribution in [2.24, 2.45) is 5.73 Å². The molecule has 234 valence electrons. The lowest BCUT2D eigenvalue weighted by Crippen LogP contribution is -2.27. The summed E-state index contributed by atoms with van der Waals surface area (Å²) in [7, 11) is 0. The van der Waals surface area contributed by atoms with Crippen LogP contribution in [-0.4, -0.2) is 65.3 Å². The van der Waals surface area contributed by atoms with E-state index in [1.807, 2.05) is 24.3 Å². The van der Waals surface area contributed by atoms with Crippen LogP contribution in [0.4, 0.5) is 0 Å². The zero-order valence-electron chi connectivity index (χ0n) is 25.8. The van der Waals surface area contributed by atoms with E-state index in [0.29, 0.717) is 59.3 Å². The Morgan fingerprint density at radius 1 is 0.587 bits per heavy atom. The summed E-state index contributed by atoms with van der Waals surface area (Å²) in [4.78, 5) is 12.2. The zero-order chi connectivity index (χ0) is 31.6. The molecular weight excluding hydrogens is 576 g/mol. The molecule has 6 aromatic rings. The lowest BCUT2D eigenvalue weighted by molar-refractivity contribution is -0.126. The Morgan fingerprint density at radius 2 is 1.15 bits per heavy atom. The number of ether oxygens (including phenoxy) is 4. The van der Waals surface area contributed by atoms with Crippen molar-refractivity contribution in [3.8, 4) is 11.8 Å². The number of hydrogen-bond acceptors (Lipinski definition) is 6. The molecule has 1 amide bonds. The van der Waals surface area contributed by atoms with Crippen LogP contribution in [-0.2, 0) is 30.3 Å². The Morgan fingerprint density at radius 3 is 1.83 bits per heavy atom. The molecule has 0 saturated carbocycles. The number of hydrogen-bond donors (Lipinski definition) is 2. The van der Waals surface area contributed by atoms with E-state index in [-0.39, 0.29) is 12.5 Å². The fourth-order valence-electron chi connectivity index (χ4n) is 5.76.